The number of hydrogen-bond acceptors (Lipinski definition) is 9. The van der Waals surface area contributed by atoms with Crippen molar-refractivity contribution in [3.8, 4) is 12.3 Å². The van der Waals surface area contributed by atoms with Crippen LogP contribution in [0.4, 0.5) is 16.2 Å². The lowest BCUT2D eigenvalue weighted by Gasteiger charge is -2.24. The molecule has 0 saturated heterocycles. The first kappa shape index (κ1) is 19.4. The van der Waals surface area contributed by atoms with E-state index in [2.05, 4.69) is 26.2 Å². The predicted molar refractivity (Wildman–Crippen MR) is 94.7 cm³/mol. The summed E-state index contributed by atoms with van der Waals surface area (Å²) >= 11 is 0. The van der Waals surface area contributed by atoms with Crippen molar-refractivity contribution >= 4 is 31.6 Å². The van der Waals surface area contributed by atoms with Crippen LogP contribution in [0.15, 0.2) is 6.33 Å². The minimum atomic E-state index is -1.39. The number of aliphatic hydroxyl groups is 1. The molecule has 4 N–H and O–H groups in total. The third-order valence-corrected chi connectivity index (χ3v) is 4.20. The third-order valence-electron chi connectivity index (χ3n) is 3.95. The van der Waals surface area contributed by atoms with Crippen LogP contribution in [-0.4, -0.2) is 56.2 Å². The van der Waals surface area contributed by atoms with Crippen LogP contribution in [0.3, 0.4) is 0 Å². The summed E-state index contributed by atoms with van der Waals surface area (Å²) < 4.78 is 35.8. The number of rotatable bonds is 10. The monoisotopic (exact) mass is 396 g/mol. The van der Waals surface area contributed by atoms with Gasteiger partial charge in [-0.1, -0.05) is 5.92 Å². The zero-order valence-corrected chi connectivity index (χ0v) is 15.1. The summed E-state index contributed by atoms with van der Waals surface area (Å²) in [6.45, 7) is -1.27. The highest BCUT2D eigenvalue weighted by atomic mass is 31.1. The largest absolute Gasteiger partial charge is 0.378 e. The Balaban J connectivity index is 1.90. The van der Waals surface area contributed by atoms with Crippen LogP contribution in [0.2, 0.25) is 0 Å². The number of nitrogen functional groups attached to an aromatic ring is 1. The molecule has 0 spiro atoms. The second kappa shape index (κ2) is 8.54. The van der Waals surface area contributed by atoms with Crippen LogP contribution in [0, 0.1) is 12.3 Å². The minimum absolute atomic E-state index is 0.00120. The van der Waals surface area contributed by atoms with Gasteiger partial charge in [0.2, 0.25) is 5.95 Å². The Labute approximate surface area is 155 Å². The fourth-order valence-corrected chi connectivity index (χ4v) is 2.67. The predicted octanol–water partition coefficient (Wildman–Crippen LogP) is 1.05. The van der Waals surface area contributed by atoms with Crippen LogP contribution in [0.25, 0.3) is 11.2 Å². The fourth-order valence-electron chi connectivity index (χ4n) is 2.46. The number of nitrogens with one attached hydrogen (secondary N) is 1. The van der Waals surface area contributed by atoms with Crippen LogP contribution < -0.4 is 11.1 Å². The Morgan fingerprint density at radius 1 is 1.56 bits per heavy atom. The molecule has 1 aliphatic rings. The Morgan fingerprint density at radius 3 is 2.96 bits per heavy atom. The fraction of sp³-hybridized carbons (Fsp3) is 0.533. The van der Waals surface area contributed by atoms with Crippen molar-refractivity contribution in [3.63, 3.8) is 0 Å². The summed E-state index contributed by atoms with van der Waals surface area (Å²) in [5.74, 6) is 2.54. The lowest BCUT2D eigenvalue weighted by molar-refractivity contribution is -0.110. The first-order valence-electron chi connectivity index (χ1n) is 8.14. The molecule has 2 aromatic rings. The number of alkyl halides is 1. The first-order chi connectivity index (χ1) is 13.1. The number of aromatic nitrogens is 4. The maximum atomic E-state index is 13.7. The number of nitrogens with two attached hydrogens (primary N) is 1. The lowest BCUT2D eigenvalue weighted by Crippen LogP contribution is -2.35. The van der Waals surface area contributed by atoms with Crippen LogP contribution in [-0.2, 0) is 13.8 Å². The highest BCUT2D eigenvalue weighted by Gasteiger charge is 2.28. The molecule has 2 heterocycles. The van der Waals surface area contributed by atoms with E-state index in [-0.39, 0.29) is 18.2 Å². The standard InChI is InChI=1S/C15H18FN6O4P/c1-2-9(23)10(6-25-27-24)26-11(5-16)22-7-18-12-13(19-8-3-4-8)20-15(17)21-14(12)22/h1,7-11,23H,3-6H2,(H3,17,19,20,21)/t9?,10-,11-/m1/s1. The van der Waals surface area contributed by atoms with E-state index in [9.17, 15) is 14.1 Å². The topological polar surface area (TPSA) is 137 Å². The van der Waals surface area contributed by atoms with Gasteiger partial charge in [-0.25, -0.2) is 13.9 Å². The van der Waals surface area contributed by atoms with Crippen molar-refractivity contribution in [3.05, 3.63) is 6.33 Å². The summed E-state index contributed by atoms with van der Waals surface area (Å²) in [6.07, 6.45) is 4.86. The molecule has 1 unspecified atom stereocenters. The Bertz CT molecular complexity index is 855. The van der Waals surface area contributed by atoms with Crippen molar-refractivity contribution in [1.82, 2.24) is 19.5 Å². The van der Waals surface area contributed by atoms with Gasteiger partial charge < -0.3 is 20.9 Å². The molecular weight excluding hydrogens is 378 g/mol. The number of aliphatic hydroxyl groups excluding tert-OH is 1. The number of hydrogen-bond donors (Lipinski definition) is 3. The summed E-state index contributed by atoms with van der Waals surface area (Å²) in [5, 5.41) is 13.0. The molecule has 1 fully saturated rings. The lowest BCUT2D eigenvalue weighted by atomic mass is 10.2. The average Bonchev–Trinajstić information content (AvgIpc) is 3.38. The molecular formula is C15H18FN6O4P. The highest BCUT2D eigenvalue weighted by Crippen LogP contribution is 2.29. The van der Waals surface area contributed by atoms with E-state index in [4.69, 9.17) is 21.4 Å². The van der Waals surface area contributed by atoms with Crippen LogP contribution >= 0.6 is 8.69 Å². The smallest absolute Gasteiger partial charge is 0.327 e. The molecule has 1 saturated carbocycles. The molecule has 144 valence electrons. The minimum Gasteiger partial charge on any atom is -0.378 e. The third kappa shape index (κ3) is 4.48. The van der Waals surface area contributed by atoms with E-state index < -0.39 is 33.8 Å². The average molecular weight is 396 g/mol. The summed E-state index contributed by atoms with van der Waals surface area (Å²) in [5.41, 5.74) is 6.45. The maximum Gasteiger partial charge on any atom is 0.327 e. The second-order valence-corrected chi connectivity index (χ2v) is 6.35. The van der Waals surface area contributed by atoms with Gasteiger partial charge in [0.15, 0.2) is 23.2 Å². The Hall–Kier alpha value is -2.38. The molecule has 10 nitrogen and oxygen atoms in total. The van der Waals surface area contributed by atoms with E-state index in [0.29, 0.717) is 17.4 Å². The summed E-state index contributed by atoms with van der Waals surface area (Å²) in [4.78, 5) is 12.5. The molecule has 12 heteroatoms. The van der Waals surface area contributed by atoms with E-state index in [0.717, 1.165) is 12.8 Å². The zero-order valence-electron chi connectivity index (χ0n) is 14.2. The van der Waals surface area contributed by atoms with Gasteiger partial charge in [-0.15, -0.1) is 6.42 Å². The van der Waals surface area contributed by atoms with Crippen LogP contribution in [0.1, 0.15) is 19.1 Å². The van der Waals surface area contributed by atoms with E-state index in [1.807, 2.05) is 0 Å². The van der Waals surface area contributed by atoms with Gasteiger partial charge in [0.25, 0.3) is 0 Å². The van der Waals surface area contributed by atoms with Gasteiger partial charge in [0.05, 0.1) is 12.9 Å². The molecule has 3 rings (SSSR count). The molecule has 1 aliphatic carbocycles. The van der Waals surface area contributed by atoms with Gasteiger partial charge in [-0.3, -0.25) is 9.09 Å². The first-order valence-corrected chi connectivity index (χ1v) is 8.87. The SMILES string of the molecule is C#CC(O)[C@@H](COP=O)O[C@H](CF)n1cnc2c(NC3CC3)nc(N)nc21. The van der Waals surface area contributed by atoms with Crippen molar-refractivity contribution in [2.75, 3.05) is 24.3 Å². The van der Waals surface area contributed by atoms with Gasteiger partial charge >= 0.3 is 8.69 Å². The van der Waals surface area contributed by atoms with Crippen LogP contribution in [0.5, 0.6) is 0 Å². The van der Waals surface area contributed by atoms with E-state index in [1.165, 1.54) is 10.9 Å². The van der Waals surface area contributed by atoms with Gasteiger partial charge in [-0.2, -0.15) is 9.97 Å². The number of nitrogens with zero attached hydrogens (tertiary/aromatic N) is 4. The highest BCUT2D eigenvalue weighted by molar-refractivity contribution is 7.17. The number of anilines is 2. The normalized spacial score (nSPS) is 17.5. The van der Waals surface area contributed by atoms with Crippen molar-refractivity contribution < 1.29 is 23.3 Å². The Kier molecular flexibility index (Phi) is 6.13. The number of terminal acetylenes is 1. The molecule has 0 bridgehead atoms. The molecule has 0 amide bonds. The van der Waals surface area contributed by atoms with E-state index in [1.54, 1.807) is 0 Å². The van der Waals surface area contributed by atoms with Crippen molar-refractivity contribution in [2.45, 2.75) is 37.3 Å². The number of fused-ring (bicyclic) bond motifs is 1. The van der Waals surface area contributed by atoms with Gasteiger partial charge in [0, 0.05) is 6.04 Å². The molecule has 0 aromatic carbocycles. The Morgan fingerprint density at radius 2 is 2.33 bits per heavy atom. The molecule has 2 aromatic heterocycles. The molecule has 27 heavy (non-hydrogen) atoms. The zero-order chi connectivity index (χ0) is 19.4. The van der Waals surface area contributed by atoms with Crippen molar-refractivity contribution in [1.29, 1.82) is 0 Å². The number of halogens is 1. The summed E-state index contributed by atoms with van der Waals surface area (Å²) in [6, 6.07) is 0.305. The second-order valence-electron chi connectivity index (χ2n) is 5.94. The maximum absolute atomic E-state index is 13.7. The molecule has 3 atom stereocenters. The van der Waals surface area contributed by atoms with Gasteiger partial charge in [-0.05, 0) is 12.8 Å². The summed E-state index contributed by atoms with van der Waals surface area (Å²) in [7, 11) is -0.615. The molecule has 0 radical (unpaired) electrons. The number of imidazole rings is 1. The number of ether oxygens (including phenoxy) is 1. The molecule has 0 aliphatic heterocycles. The van der Waals surface area contributed by atoms with Crippen molar-refractivity contribution in [2.24, 2.45) is 0 Å². The quantitative estimate of drug-likeness (QED) is 0.397. The van der Waals surface area contributed by atoms with E-state index >= 15 is 0 Å². The van der Waals surface area contributed by atoms with Gasteiger partial charge in [0.1, 0.15) is 18.9 Å².